The van der Waals surface area contributed by atoms with Crippen LogP contribution in [0.25, 0.3) is 11.2 Å². The lowest BCUT2D eigenvalue weighted by atomic mass is 10.1. The fourth-order valence-corrected chi connectivity index (χ4v) is 4.71. The molecule has 0 bridgehead atoms. The molecule has 0 radical (unpaired) electrons. The van der Waals surface area contributed by atoms with Gasteiger partial charge in [0.1, 0.15) is 11.3 Å². The third kappa shape index (κ3) is 2.59. The van der Waals surface area contributed by atoms with Crippen molar-refractivity contribution in [2.75, 3.05) is 5.75 Å². The largest absolute Gasteiger partial charge is 0.310 e. The van der Waals surface area contributed by atoms with Crippen LogP contribution in [-0.4, -0.2) is 29.8 Å². The minimum Gasteiger partial charge on any atom is -0.310 e. The molecule has 0 saturated carbocycles. The SMILES string of the molecule is CCc1nn(C)c2c1nc(C(C)Cl)n2CC1(C)CCCS1. The van der Waals surface area contributed by atoms with E-state index in [9.17, 15) is 0 Å². The molecule has 2 aromatic rings. The first kappa shape index (κ1) is 15.2. The van der Waals surface area contributed by atoms with Gasteiger partial charge >= 0.3 is 0 Å². The molecule has 2 aromatic heterocycles. The molecule has 116 valence electrons. The van der Waals surface area contributed by atoms with E-state index in [0.29, 0.717) is 0 Å². The molecule has 1 saturated heterocycles. The highest BCUT2D eigenvalue weighted by Crippen LogP contribution is 2.40. The Morgan fingerprint density at radius 2 is 2.24 bits per heavy atom. The van der Waals surface area contributed by atoms with Crippen molar-refractivity contribution in [1.29, 1.82) is 0 Å². The summed E-state index contributed by atoms with van der Waals surface area (Å²) in [6, 6.07) is 0. The van der Waals surface area contributed by atoms with Gasteiger partial charge in [0.05, 0.1) is 11.1 Å². The van der Waals surface area contributed by atoms with Gasteiger partial charge in [-0.2, -0.15) is 16.9 Å². The molecule has 1 aliphatic rings. The molecule has 2 atom stereocenters. The van der Waals surface area contributed by atoms with Crippen LogP contribution in [0.4, 0.5) is 0 Å². The molecular formula is C15H23ClN4S. The molecular weight excluding hydrogens is 304 g/mol. The van der Waals surface area contributed by atoms with Crippen molar-refractivity contribution in [3.8, 4) is 0 Å². The molecule has 3 rings (SSSR count). The fourth-order valence-electron chi connectivity index (χ4n) is 3.25. The molecule has 21 heavy (non-hydrogen) atoms. The van der Waals surface area contributed by atoms with Gasteiger partial charge < -0.3 is 4.57 Å². The molecule has 1 aliphatic heterocycles. The van der Waals surface area contributed by atoms with Crippen molar-refractivity contribution < 1.29 is 0 Å². The zero-order valence-corrected chi connectivity index (χ0v) is 14.8. The molecule has 0 aromatic carbocycles. The van der Waals surface area contributed by atoms with Crippen LogP contribution in [0.3, 0.4) is 0 Å². The lowest BCUT2D eigenvalue weighted by molar-refractivity contribution is 0.498. The molecule has 0 N–H and O–H groups in total. The Kier molecular flexibility index (Phi) is 3.99. The highest BCUT2D eigenvalue weighted by atomic mass is 35.5. The quantitative estimate of drug-likeness (QED) is 0.799. The number of hydrogen-bond acceptors (Lipinski definition) is 3. The van der Waals surface area contributed by atoms with E-state index >= 15 is 0 Å². The number of aromatic nitrogens is 4. The Bertz CT molecular complexity index is 652. The van der Waals surface area contributed by atoms with E-state index in [4.69, 9.17) is 16.6 Å². The molecule has 4 nitrogen and oxygen atoms in total. The fraction of sp³-hybridized carbons (Fsp3) is 0.733. The van der Waals surface area contributed by atoms with Crippen molar-refractivity contribution in [2.45, 2.75) is 56.7 Å². The van der Waals surface area contributed by atoms with Gasteiger partial charge in [-0.1, -0.05) is 6.92 Å². The van der Waals surface area contributed by atoms with Crippen molar-refractivity contribution in [1.82, 2.24) is 19.3 Å². The Balaban J connectivity index is 2.13. The first-order valence-electron chi connectivity index (χ1n) is 7.65. The number of aryl methyl sites for hydroxylation is 2. The summed E-state index contributed by atoms with van der Waals surface area (Å²) in [7, 11) is 2.01. The topological polar surface area (TPSA) is 35.6 Å². The average Bonchev–Trinajstić information content (AvgIpc) is 3.07. The van der Waals surface area contributed by atoms with E-state index in [2.05, 4.69) is 35.3 Å². The Morgan fingerprint density at radius 1 is 1.48 bits per heavy atom. The first-order chi connectivity index (χ1) is 9.95. The second-order valence-electron chi connectivity index (χ2n) is 6.17. The van der Waals surface area contributed by atoms with Gasteiger partial charge in [0.2, 0.25) is 0 Å². The van der Waals surface area contributed by atoms with Gasteiger partial charge in [0, 0.05) is 18.3 Å². The van der Waals surface area contributed by atoms with Crippen molar-refractivity contribution in [3.63, 3.8) is 0 Å². The van der Waals surface area contributed by atoms with Gasteiger partial charge in [-0.05, 0) is 38.9 Å². The number of hydrogen-bond donors (Lipinski definition) is 0. The zero-order chi connectivity index (χ0) is 15.2. The van der Waals surface area contributed by atoms with Crippen LogP contribution in [0.1, 0.15) is 50.5 Å². The maximum atomic E-state index is 6.40. The van der Waals surface area contributed by atoms with Gasteiger partial charge in [0.25, 0.3) is 0 Å². The third-order valence-electron chi connectivity index (χ3n) is 4.30. The summed E-state index contributed by atoms with van der Waals surface area (Å²) in [5, 5.41) is 4.52. The standard InChI is InChI=1S/C15H23ClN4S/c1-5-11-12-14(19(4)18-11)20(13(17-12)10(2)16)9-15(3)7-6-8-21-15/h10H,5-9H2,1-4H3. The van der Waals surface area contributed by atoms with Crippen molar-refractivity contribution in [3.05, 3.63) is 11.5 Å². The monoisotopic (exact) mass is 326 g/mol. The Morgan fingerprint density at radius 3 is 2.81 bits per heavy atom. The van der Waals surface area contributed by atoms with Crippen LogP contribution in [-0.2, 0) is 20.0 Å². The smallest absolute Gasteiger partial charge is 0.158 e. The first-order valence-corrected chi connectivity index (χ1v) is 9.07. The lowest BCUT2D eigenvalue weighted by Crippen LogP contribution is -2.25. The zero-order valence-electron chi connectivity index (χ0n) is 13.2. The number of rotatable bonds is 4. The van der Waals surface area contributed by atoms with E-state index in [0.717, 1.165) is 35.6 Å². The predicted octanol–water partition coefficient (Wildman–Crippen LogP) is 3.92. The van der Waals surface area contributed by atoms with Gasteiger partial charge in [0.15, 0.2) is 5.65 Å². The maximum Gasteiger partial charge on any atom is 0.158 e. The second-order valence-corrected chi connectivity index (χ2v) is 8.51. The number of alkyl halides is 1. The normalized spacial score (nSPS) is 24.0. The number of nitrogens with zero attached hydrogens (tertiary/aromatic N) is 4. The molecule has 1 fully saturated rings. The maximum absolute atomic E-state index is 6.40. The molecule has 0 aliphatic carbocycles. The minimum atomic E-state index is -0.0860. The van der Waals surface area contributed by atoms with Crippen LogP contribution in [0.15, 0.2) is 0 Å². The summed E-state index contributed by atoms with van der Waals surface area (Å²) < 4.78 is 4.55. The van der Waals surface area contributed by atoms with Crippen LogP contribution < -0.4 is 0 Å². The summed E-state index contributed by atoms with van der Waals surface area (Å²) in [6.07, 6.45) is 3.46. The van der Waals surface area contributed by atoms with Crippen LogP contribution in [0.2, 0.25) is 0 Å². The number of thioether (sulfide) groups is 1. The van der Waals surface area contributed by atoms with E-state index in [1.54, 1.807) is 0 Å². The van der Waals surface area contributed by atoms with Crippen LogP contribution in [0, 0.1) is 0 Å². The minimum absolute atomic E-state index is 0.0860. The van der Waals surface area contributed by atoms with E-state index in [1.807, 2.05) is 18.7 Å². The Hall–Kier alpha value is -0.680. The van der Waals surface area contributed by atoms with Gasteiger partial charge in [-0.25, -0.2) is 4.98 Å². The van der Waals surface area contributed by atoms with Crippen LogP contribution >= 0.6 is 23.4 Å². The highest BCUT2D eigenvalue weighted by Gasteiger charge is 2.33. The lowest BCUT2D eigenvalue weighted by Gasteiger charge is -2.25. The molecule has 0 spiro atoms. The molecule has 6 heteroatoms. The predicted molar refractivity (Wildman–Crippen MR) is 90.2 cm³/mol. The number of halogens is 1. The van der Waals surface area contributed by atoms with Gasteiger partial charge in [-0.15, -0.1) is 11.6 Å². The third-order valence-corrected chi connectivity index (χ3v) is 6.02. The molecule has 0 amide bonds. The number of imidazole rings is 1. The number of fused-ring (bicyclic) bond motifs is 1. The van der Waals surface area contributed by atoms with Crippen molar-refractivity contribution in [2.24, 2.45) is 7.05 Å². The summed E-state index contributed by atoms with van der Waals surface area (Å²) in [5.41, 5.74) is 3.20. The summed E-state index contributed by atoms with van der Waals surface area (Å²) in [5.74, 6) is 2.23. The van der Waals surface area contributed by atoms with Crippen LogP contribution in [0.5, 0.6) is 0 Å². The van der Waals surface area contributed by atoms with E-state index < -0.39 is 0 Å². The summed E-state index contributed by atoms with van der Waals surface area (Å²) in [4.78, 5) is 4.82. The summed E-state index contributed by atoms with van der Waals surface area (Å²) in [6.45, 7) is 7.45. The van der Waals surface area contributed by atoms with E-state index in [-0.39, 0.29) is 10.1 Å². The van der Waals surface area contributed by atoms with E-state index in [1.165, 1.54) is 18.6 Å². The average molecular weight is 327 g/mol. The second kappa shape index (κ2) is 5.51. The molecule has 2 unspecified atom stereocenters. The van der Waals surface area contributed by atoms with Gasteiger partial charge in [-0.3, -0.25) is 4.68 Å². The Labute approximate surface area is 135 Å². The summed E-state index contributed by atoms with van der Waals surface area (Å²) >= 11 is 8.46. The van der Waals surface area contributed by atoms with Crippen molar-refractivity contribution >= 4 is 34.5 Å². The molecule has 3 heterocycles. The highest BCUT2D eigenvalue weighted by molar-refractivity contribution is 8.00.